The molecule has 3 heterocycles. The van der Waals surface area contributed by atoms with Crippen molar-refractivity contribution in [1.29, 1.82) is 0 Å². The Morgan fingerprint density at radius 3 is 2.82 bits per heavy atom. The Morgan fingerprint density at radius 2 is 2.00 bits per heavy atom. The van der Waals surface area contributed by atoms with E-state index in [0.29, 0.717) is 17.5 Å². The predicted molar refractivity (Wildman–Crippen MR) is 105 cm³/mol. The van der Waals surface area contributed by atoms with E-state index in [1.165, 1.54) is 6.07 Å². The second-order valence-corrected chi connectivity index (χ2v) is 7.64. The standard InChI is InChI=1S/C22H22FN3O2/c1-13-25-21-19(23)11-16(12-20(21)28-13)14-2-3-18-15(10-14)6-9-26(22(18)27)17-4-7-24-8-5-17/h2-3,10-12,17,24H,4-9H2,1H3. The van der Waals surface area contributed by atoms with E-state index in [2.05, 4.69) is 10.3 Å². The van der Waals surface area contributed by atoms with Gasteiger partial charge in [0.05, 0.1) is 0 Å². The number of carbonyl (C=O) groups is 1. The predicted octanol–water partition coefficient (Wildman–Crippen LogP) is 3.69. The van der Waals surface area contributed by atoms with Crippen LogP contribution in [0.1, 0.15) is 34.7 Å². The summed E-state index contributed by atoms with van der Waals surface area (Å²) < 4.78 is 19.9. The zero-order valence-electron chi connectivity index (χ0n) is 15.8. The minimum absolute atomic E-state index is 0.118. The normalized spacial score (nSPS) is 17.9. The van der Waals surface area contributed by atoms with Gasteiger partial charge in [-0.3, -0.25) is 4.79 Å². The molecule has 5 nitrogen and oxygen atoms in total. The third kappa shape index (κ3) is 2.88. The minimum atomic E-state index is -0.393. The monoisotopic (exact) mass is 379 g/mol. The third-order valence-corrected chi connectivity index (χ3v) is 5.86. The molecule has 2 aliphatic heterocycles. The van der Waals surface area contributed by atoms with Crippen LogP contribution in [-0.2, 0) is 6.42 Å². The highest BCUT2D eigenvalue weighted by Gasteiger charge is 2.30. The van der Waals surface area contributed by atoms with Crippen LogP contribution in [0, 0.1) is 12.7 Å². The van der Waals surface area contributed by atoms with Crippen LogP contribution in [0.25, 0.3) is 22.2 Å². The zero-order valence-corrected chi connectivity index (χ0v) is 15.8. The van der Waals surface area contributed by atoms with Gasteiger partial charge in [-0.1, -0.05) is 12.1 Å². The van der Waals surface area contributed by atoms with E-state index in [0.717, 1.165) is 61.2 Å². The molecular weight excluding hydrogens is 357 g/mol. The van der Waals surface area contributed by atoms with Gasteiger partial charge in [-0.05, 0) is 67.2 Å². The van der Waals surface area contributed by atoms with E-state index < -0.39 is 5.82 Å². The Bertz CT molecular complexity index is 1070. The van der Waals surface area contributed by atoms with E-state index in [9.17, 15) is 9.18 Å². The lowest BCUT2D eigenvalue weighted by atomic mass is 9.92. The summed E-state index contributed by atoms with van der Waals surface area (Å²) >= 11 is 0. The van der Waals surface area contributed by atoms with Crippen LogP contribution in [0.4, 0.5) is 4.39 Å². The maximum atomic E-state index is 14.4. The largest absolute Gasteiger partial charge is 0.441 e. The summed E-state index contributed by atoms with van der Waals surface area (Å²) in [6.45, 7) is 4.39. The molecule has 0 spiro atoms. The summed E-state index contributed by atoms with van der Waals surface area (Å²) in [5.41, 5.74) is 4.12. The first-order chi connectivity index (χ1) is 13.6. The van der Waals surface area contributed by atoms with Gasteiger partial charge >= 0.3 is 0 Å². The van der Waals surface area contributed by atoms with Crippen molar-refractivity contribution in [3.8, 4) is 11.1 Å². The number of fused-ring (bicyclic) bond motifs is 2. The molecular formula is C22H22FN3O2. The molecule has 1 amide bonds. The number of carbonyl (C=O) groups excluding carboxylic acids is 1. The Morgan fingerprint density at radius 1 is 1.18 bits per heavy atom. The molecule has 28 heavy (non-hydrogen) atoms. The quantitative estimate of drug-likeness (QED) is 0.738. The zero-order chi connectivity index (χ0) is 19.3. The molecule has 0 radical (unpaired) electrons. The number of piperidine rings is 1. The second-order valence-electron chi connectivity index (χ2n) is 7.64. The smallest absolute Gasteiger partial charge is 0.254 e. The minimum Gasteiger partial charge on any atom is -0.441 e. The molecule has 2 aliphatic rings. The average Bonchev–Trinajstić information content (AvgIpc) is 3.09. The Hall–Kier alpha value is -2.73. The van der Waals surface area contributed by atoms with Crippen LogP contribution >= 0.6 is 0 Å². The number of nitrogens with one attached hydrogen (secondary N) is 1. The number of oxazole rings is 1. The first kappa shape index (κ1) is 17.4. The van der Waals surface area contributed by atoms with Crippen molar-refractivity contribution in [2.24, 2.45) is 0 Å². The first-order valence-corrected chi connectivity index (χ1v) is 9.82. The number of aryl methyl sites for hydroxylation is 1. The number of nitrogens with zero attached hydrogens (tertiary/aromatic N) is 2. The lowest BCUT2D eigenvalue weighted by Crippen LogP contribution is -2.49. The van der Waals surface area contributed by atoms with Gasteiger partial charge in [-0.15, -0.1) is 0 Å². The van der Waals surface area contributed by atoms with E-state index in [1.54, 1.807) is 6.92 Å². The topological polar surface area (TPSA) is 58.4 Å². The summed E-state index contributed by atoms with van der Waals surface area (Å²) in [6.07, 6.45) is 2.84. The molecule has 1 N–H and O–H groups in total. The maximum absolute atomic E-state index is 14.4. The highest BCUT2D eigenvalue weighted by atomic mass is 19.1. The fourth-order valence-corrected chi connectivity index (χ4v) is 4.42. The van der Waals surface area contributed by atoms with Crippen molar-refractivity contribution in [2.45, 2.75) is 32.2 Å². The number of aromatic nitrogens is 1. The van der Waals surface area contributed by atoms with Crippen LogP contribution in [0.15, 0.2) is 34.7 Å². The van der Waals surface area contributed by atoms with E-state index >= 15 is 0 Å². The Labute approximate surface area is 162 Å². The Balaban J connectivity index is 1.48. The molecule has 0 atom stereocenters. The number of halogens is 1. The molecule has 1 saturated heterocycles. The number of hydrogen-bond donors (Lipinski definition) is 1. The van der Waals surface area contributed by atoms with Crippen molar-refractivity contribution in [3.63, 3.8) is 0 Å². The summed E-state index contributed by atoms with van der Waals surface area (Å²) in [6, 6.07) is 9.41. The van der Waals surface area contributed by atoms with Crippen molar-refractivity contribution < 1.29 is 13.6 Å². The fraction of sp³-hybridized carbons (Fsp3) is 0.364. The molecule has 0 saturated carbocycles. The molecule has 144 valence electrons. The lowest BCUT2D eigenvalue weighted by Gasteiger charge is -2.37. The number of rotatable bonds is 2. The Kier molecular flexibility index (Phi) is 4.16. The van der Waals surface area contributed by atoms with Crippen molar-refractivity contribution in [1.82, 2.24) is 15.2 Å². The maximum Gasteiger partial charge on any atom is 0.254 e. The lowest BCUT2D eigenvalue weighted by molar-refractivity contribution is 0.0623. The summed E-state index contributed by atoms with van der Waals surface area (Å²) in [4.78, 5) is 19.1. The summed E-state index contributed by atoms with van der Waals surface area (Å²) in [7, 11) is 0. The number of amides is 1. The number of hydrogen-bond acceptors (Lipinski definition) is 4. The van der Waals surface area contributed by atoms with Gasteiger partial charge in [-0.25, -0.2) is 9.37 Å². The van der Waals surface area contributed by atoms with E-state index in [1.807, 2.05) is 29.2 Å². The van der Waals surface area contributed by atoms with E-state index in [4.69, 9.17) is 4.42 Å². The average molecular weight is 379 g/mol. The van der Waals surface area contributed by atoms with Crippen molar-refractivity contribution in [3.05, 3.63) is 53.2 Å². The van der Waals surface area contributed by atoms with Gasteiger partial charge in [-0.2, -0.15) is 0 Å². The van der Waals surface area contributed by atoms with Gasteiger partial charge in [0.1, 0.15) is 5.52 Å². The molecule has 0 aliphatic carbocycles. The molecule has 1 fully saturated rings. The van der Waals surface area contributed by atoms with Crippen LogP contribution in [-0.4, -0.2) is 41.5 Å². The molecule has 0 unspecified atom stereocenters. The van der Waals surface area contributed by atoms with Gasteiger partial charge in [0.2, 0.25) is 0 Å². The van der Waals surface area contributed by atoms with Gasteiger partial charge in [0.15, 0.2) is 17.3 Å². The second kappa shape index (κ2) is 6.71. The van der Waals surface area contributed by atoms with Crippen molar-refractivity contribution in [2.75, 3.05) is 19.6 Å². The first-order valence-electron chi connectivity index (χ1n) is 9.82. The van der Waals surface area contributed by atoms with Crippen molar-refractivity contribution >= 4 is 17.0 Å². The van der Waals surface area contributed by atoms with Gasteiger partial charge < -0.3 is 14.6 Å². The number of benzene rings is 2. The van der Waals surface area contributed by atoms with Crippen LogP contribution in [0.2, 0.25) is 0 Å². The molecule has 1 aromatic heterocycles. The summed E-state index contributed by atoms with van der Waals surface area (Å²) in [5.74, 6) is 0.169. The molecule has 0 bridgehead atoms. The van der Waals surface area contributed by atoms with Crippen LogP contribution in [0.5, 0.6) is 0 Å². The highest BCUT2D eigenvalue weighted by Crippen LogP contribution is 2.31. The molecule has 5 rings (SSSR count). The van der Waals surface area contributed by atoms with Gasteiger partial charge in [0.25, 0.3) is 5.91 Å². The van der Waals surface area contributed by atoms with Gasteiger partial charge in [0, 0.05) is 25.1 Å². The molecule has 2 aromatic carbocycles. The SMILES string of the molecule is Cc1nc2c(F)cc(-c3ccc4c(c3)CCN(C3CCNCC3)C4=O)cc2o1. The molecule has 3 aromatic rings. The fourth-order valence-electron chi connectivity index (χ4n) is 4.42. The van der Waals surface area contributed by atoms with Crippen LogP contribution in [0.3, 0.4) is 0 Å². The van der Waals surface area contributed by atoms with Crippen LogP contribution < -0.4 is 5.32 Å². The highest BCUT2D eigenvalue weighted by molar-refractivity contribution is 5.97. The summed E-state index contributed by atoms with van der Waals surface area (Å²) in [5, 5.41) is 3.35. The van der Waals surface area contributed by atoms with E-state index in [-0.39, 0.29) is 11.4 Å². The third-order valence-electron chi connectivity index (χ3n) is 5.86. The molecule has 6 heteroatoms.